The average Bonchev–Trinajstić information content (AvgIpc) is 3.27. The van der Waals surface area contributed by atoms with E-state index in [2.05, 4.69) is 22.5 Å². The number of amides is 1. The van der Waals surface area contributed by atoms with E-state index in [0.717, 1.165) is 22.3 Å². The number of carboxylic acids is 1. The number of benzene rings is 2. The summed E-state index contributed by atoms with van der Waals surface area (Å²) < 4.78 is 7.06. The van der Waals surface area contributed by atoms with Crippen LogP contribution >= 0.6 is 0 Å². The van der Waals surface area contributed by atoms with Crippen molar-refractivity contribution in [1.82, 2.24) is 15.1 Å². The molecule has 1 heterocycles. The zero-order valence-corrected chi connectivity index (χ0v) is 15.9. The van der Waals surface area contributed by atoms with Gasteiger partial charge in [-0.25, -0.2) is 4.79 Å². The Morgan fingerprint density at radius 3 is 2.28 bits per heavy atom. The minimum absolute atomic E-state index is 0.0547. The third kappa shape index (κ3) is 3.85. The number of alkyl carbamates (subject to hydrolysis) is 1. The van der Waals surface area contributed by atoms with Gasteiger partial charge in [0.15, 0.2) is 0 Å². The van der Waals surface area contributed by atoms with Gasteiger partial charge in [0.2, 0.25) is 0 Å². The molecule has 0 saturated heterocycles. The van der Waals surface area contributed by atoms with E-state index < -0.39 is 18.1 Å². The van der Waals surface area contributed by atoms with E-state index in [1.807, 2.05) is 36.4 Å². The summed E-state index contributed by atoms with van der Waals surface area (Å²) in [6, 6.07) is 17.1. The molecule has 1 atom stereocenters. The number of hydrogen-bond donors (Lipinski definition) is 2. The Balaban J connectivity index is 1.47. The number of carbonyl (C=O) groups is 2. The lowest BCUT2D eigenvalue weighted by Gasteiger charge is -2.17. The summed E-state index contributed by atoms with van der Waals surface area (Å²) in [6.45, 7) is 0.169. The molecule has 1 amide bonds. The molecule has 7 nitrogen and oxygen atoms in total. The minimum Gasteiger partial charge on any atom is -0.481 e. The van der Waals surface area contributed by atoms with Crippen molar-refractivity contribution in [2.45, 2.75) is 18.4 Å². The smallest absolute Gasteiger partial charge is 0.407 e. The lowest BCUT2D eigenvalue weighted by Crippen LogP contribution is -2.32. The second-order valence-electron chi connectivity index (χ2n) is 7.03. The van der Waals surface area contributed by atoms with Crippen LogP contribution in [0.5, 0.6) is 0 Å². The molecule has 0 radical (unpaired) electrons. The first-order valence-corrected chi connectivity index (χ1v) is 9.36. The summed E-state index contributed by atoms with van der Waals surface area (Å²) in [5.41, 5.74) is 5.01. The van der Waals surface area contributed by atoms with Gasteiger partial charge in [-0.3, -0.25) is 9.48 Å². The predicted molar refractivity (Wildman–Crippen MR) is 106 cm³/mol. The lowest BCUT2D eigenvalue weighted by molar-refractivity contribution is -0.137. The van der Waals surface area contributed by atoms with Crippen LogP contribution in [-0.4, -0.2) is 33.6 Å². The van der Waals surface area contributed by atoms with Crippen LogP contribution in [0.25, 0.3) is 11.1 Å². The van der Waals surface area contributed by atoms with Crippen molar-refractivity contribution in [2.24, 2.45) is 7.05 Å². The predicted octanol–water partition coefficient (Wildman–Crippen LogP) is 3.47. The highest BCUT2D eigenvalue weighted by atomic mass is 16.5. The van der Waals surface area contributed by atoms with Crippen LogP contribution < -0.4 is 5.32 Å². The van der Waals surface area contributed by atoms with Crippen molar-refractivity contribution in [2.75, 3.05) is 6.61 Å². The number of carbonyl (C=O) groups excluding carboxylic acids is 1. The topological polar surface area (TPSA) is 93.5 Å². The monoisotopic (exact) mass is 391 g/mol. The largest absolute Gasteiger partial charge is 0.481 e. The number of ether oxygens (including phenoxy) is 1. The summed E-state index contributed by atoms with van der Waals surface area (Å²) in [5.74, 6) is -1.08. The standard InChI is InChI=1S/C22H21N3O4/c1-25-11-10-19(24-25)20(12-21(26)27)23-22(28)29-13-18-16-8-4-2-6-14(16)15-7-3-5-9-17(15)18/h2-11,18,20H,12-13H2,1H3,(H,23,28)(H,26,27)/t20-/m0/s1. The molecule has 148 valence electrons. The van der Waals surface area contributed by atoms with Gasteiger partial charge >= 0.3 is 12.1 Å². The summed E-state index contributed by atoms with van der Waals surface area (Å²) in [4.78, 5) is 23.6. The third-order valence-electron chi connectivity index (χ3n) is 5.11. The fourth-order valence-corrected chi connectivity index (χ4v) is 3.81. The van der Waals surface area contributed by atoms with Crippen LogP contribution in [-0.2, 0) is 16.6 Å². The first-order valence-electron chi connectivity index (χ1n) is 9.36. The van der Waals surface area contributed by atoms with Gasteiger partial charge < -0.3 is 15.2 Å². The highest BCUT2D eigenvalue weighted by molar-refractivity contribution is 5.79. The summed E-state index contributed by atoms with van der Waals surface area (Å²) >= 11 is 0. The third-order valence-corrected chi connectivity index (χ3v) is 5.11. The Morgan fingerprint density at radius 2 is 1.72 bits per heavy atom. The second kappa shape index (κ2) is 7.79. The maximum absolute atomic E-state index is 12.4. The molecule has 2 N–H and O–H groups in total. The molecule has 0 bridgehead atoms. The van der Waals surface area contributed by atoms with Crippen LogP contribution in [0.3, 0.4) is 0 Å². The number of rotatable bonds is 6. The average molecular weight is 391 g/mol. The molecule has 0 spiro atoms. The van der Waals surface area contributed by atoms with E-state index in [0.29, 0.717) is 5.69 Å². The minimum atomic E-state index is -1.03. The molecule has 4 rings (SSSR count). The quantitative estimate of drug-likeness (QED) is 0.671. The van der Waals surface area contributed by atoms with Crippen LogP contribution in [0.1, 0.15) is 35.2 Å². The molecule has 2 aromatic carbocycles. The Hall–Kier alpha value is -3.61. The number of carboxylic acid groups (broad SMARTS) is 1. The molecule has 3 aromatic rings. The molecule has 1 aromatic heterocycles. The lowest BCUT2D eigenvalue weighted by atomic mass is 9.98. The van der Waals surface area contributed by atoms with E-state index in [9.17, 15) is 9.59 Å². The Morgan fingerprint density at radius 1 is 1.10 bits per heavy atom. The Kier molecular flexibility index (Phi) is 5.03. The zero-order valence-electron chi connectivity index (χ0n) is 15.9. The van der Waals surface area contributed by atoms with Crippen LogP contribution in [0.4, 0.5) is 4.79 Å². The highest BCUT2D eigenvalue weighted by Gasteiger charge is 2.29. The van der Waals surface area contributed by atoms with E-state index >= 15 is 0 Å². The first kappa shape index (κ1) is 18.7. The highest BCUT2D eigenvalue weighted by Crippen LogP contribution is 2.44. The van der Waals surface area contributed by atoms with Crippen molar-refractivity contribution < 1.29 is 19.4 Å². The van der Waals surface area contributed by atoms with Gasteiger partial charge in [0, 0.05) is 19.2 Å². The van der Waals surface area contributed by atoms with Crippen molar-refractivity contribution in [3.05, 3.63) is 77.6 Å². The Labute approximate surface area is 167 Å². The van der Waals surface area contributed by atoms with Crippen molar-refractivity contribution in [3.8, 4) is 11.1 Å². The second-order valence-corrected chi connectivity index (χ2v) is 7.03. The molecule has 1 aliphatic rings. The number of aryl methyl sites for hydroxylation is 1. The van der Waals surface area contributed by atoms with Gasteiger partial charge in [-0.2, -0.15) is 5.10 Å². The molecule has 0 saturated carbocycles. The maximum atomic E-state index is 12.4. The van der Waals surface area contributed by atoms with Gasteiger partial charge in [0.05, 0.1) is 18.2 Å². The summed E-state index contributed by atoms with van der Waals surface area (Å²) in [7, 11) is 1.73. The van der Waals surface area contributed by atoms with Crippen molar-refractivity contribution in [3.63, 3.8) is 0 Å². The van der Waals surface area contributed by atoms with Gasteiger partial charge in [-0.15, -0.1) is 0 Å². The number of aromatic nitrogens is 2. The fraction of sp³-hybridized carbons (Fsp3) is 0.227. The first-order chi connectivity index (χ1) is 14.0. The summed E-state index contributed by atoms with van der Waals surface area (Å²) in [6.07, 6.45) is 0.758. The zero-order chi connectivity index (χ0) is 20.4. The van der Waals surface area contributed by atoms with Gasteiger partial charge in [0.25, 0.3) is 0 Å². The number of nitrogens with zero attached hydrogens (tertiary/aromatic N) is 2. The van der Waals surface area contributed by atoms with Crippen LogP contribution in [0, 0.1) is 0 Å². The maximum Gasteiger partial charge on any atom is 0.407 e. The number of hydrogen-bond acceptors (Lipinski definition) is 4. The van der Waals surface area contributed by atoms with Gasteiger partial charge in [-0.1, -0.05) is 48.5 Å². The van der Waals surface area contributed by atoms with Crippen molar-refractivity contribution >= 4 is 12.1 Å². The fourth-order valence-electron chi connectivity index (χ4n) is 3.81. The number of nitrogens with one attached hydrogen (secondary N) is 1. The molecular weight excluding hydrogens is 370 g/mol. The van der Waals surface area contributed by atoms with Gasteiger partial charge in [-0.05, 0) is 28.3 Å². The molecule has 29 heavy (non-hydrogen) atoms. The van der Waals surface area contributed by atoms with E-state index in [4.69, 9.17) is 9.84 Å². The van der Waals surface area contributed by atoms with Gasteiger partial charge in [0.1, 0.15) is 6.61 Å². The SMILES string of the molecule is Cn1ccc([C@H](CC(=O)O)NC(=O)OCC2c3ccccc3-c3ccccc32)n1. The van der Waals surface area contributed by atoms with E-state index in [1.165, 1.54) is 0 Å². The van der Waals surface area contributed by atoms with E-state index in [-0.39, 0.29) is 18.9 Å². The molecule has 7 heteroatoms. The Bertz CT molecular complexity index is 1010. The number of aliphatic carboxylic acids is 1. The molecule has 0 unspecified atom stereocenters. The molecule has 1 aliphatic carbocycles. The molecule has 0 aliphatic heterocycles. The molecular formula is C22H21N3O4. The molecule has 0 fully saturated rings. The van der Waals surface area contributed by atoms with Crippen molar-refractivity contribution in [1.29, 1.82) is 0 Å². The summed E-state index contributed by atoms with van der Waals surface area (Å²) in [5, 5.41) is 16.0. The van der Waals surface area contributed by atoms with Crippen LogP contribution in [0.2, 0.25) is 0 Å². The number of fused-ring (bicyclic) bond motifs is 3. The normalized spacial score (nSPS) is 13.4. The van der Waals surface area contributed by atoms with Crippen LogP contribution in [0.15, 0.2) is 60.8 Å². The van der Waals surface area contributed by atoms with E-state index in [1.54, 1.807) is 24.0 Å².